The van der Waals surface area contributed by atoms with Crippen LogP contribution in [0.15, 0.2) is 55.5 Å². The number of hydrogen-bond donors (Lipinski definition) is 0. The molecule has 1 aliphatic rings. The minimum atomic E-state index is -0.112. The molecule has 1 saturated heterocycles. The van der Waals surface area contributed by atoms with Crippen molar-refractivity contribution in [3.8, 4) is 11.7 Å². The molecule has 1 fully saturated rings. The van der Waals surface area contributed by atoms with E-state index in [0.717, 1.165) is 19.4 Å². The third-order valence-electron chi connectivity index (χ3n) is 4.82. The Morgan fingerprint density at radius 1 is 1.27 bits per heavy atom. The van der Waals surface area contributed by atoms with Crippen molar-refractivity contribution in [1.29, 1.82) is 0 Å². The van der Waals surface area contributed by atoms with Gasteiger partial charge in [0.05, 0.1) is 35.6 Å². The fraction of sp³-hybridized carbons (Fsp3) is 0.300. The van der Waals surface area contributed by atoms with Gasteiger partial charge < -0.3 is 13.7 Å². The molecule has 0 bridgehead atoms. The van der Waals surface area contributed by atoms with Crippen LogP contribution in [-0.4, -0.2) is 32.4 Å². The van der Waals surface area contributed by atoms with Crippen molar-refractivity contribution in [2.75, 3.05) is 6.61 Å². The Morgan fingerprint density at radius 3 is 3.00 bits per heavy atom. The molecule has 3 aromatic heterocycles. The highest BCUT2D eigenvalue weighted by Gasteiger charge is 2.21. The summed E-state index contributed by atoms with van der Waals surface area (Å²) in [5.74, 6) is 1.68. The van der Waals surface area contributed by atoms with E-state index >= 15 is 0 Å². The predicted molar refractivity (Wildman–Crippen MR) is 112 cm³/mol. The van der Waals surface area contributed by atoms with E-state index in [1.807, 2.05) is 0 Å². The van der Waals surface area contributed by atoms with E-state index in [1.54, 1.807) is 41.2 Å². The van der Waals surface area contributed by atoms with Crippen molar-refractivity contribution in [2.24, 2.45) is 0 Å². The highest BCUT2D eigenvalue weighted by atomic mass is 35.5. The van der Waals surface area contributed by atoms with Gasteiger partial charge in [0.25, 0.3) is 11.4 Å². The van der Waals surface area contributed by atoms with Gasteiger partial charge in [0.2, 0.25) is 0 Å². The topological polar surface area (TPSA) is 96.2 Å². The first-order chi connectivity index (χ1) is 14.7. The Labute approximate surface area is 180 Å². The molecule has 0 aliphatic carbocycles. The molecule has 10 heteroatoms. The fourth-order valence-corrected chi connectivity index (χ4v) is 4.40. The number of nitrogens with zero attached hydrogens (tertiary/aromatic N) is 4. The number of thioether (sulfide) groups is 1. The number of fused-ring (bicyclic) bond motifs is 1. The molecule has 0 amide bonds. The van der Waals surface area contributed by atoms with Crippen molar-refractivity contribution in [3.63, 3.8) is 0 Å². The number of furan rings is 1. The SMILES string of the molecule is O=c1c2ccc(Cl)cc2nc(SCc2noc(-c3ccco3)n2)n1C[C@@H]1CCCO1. The van der Waals surface area contributed by atoms with Crippen LogP contribution in [0.4, 0.5) is 0 Å². The molecule has 30 heavy (non-hydrogen) atoms. The summed E-state index contributed by atoms with van der Waals surface area (Å²) in [6.07, 6.45) is 3.47. The molecule has 8 nitrogen and oxygen atoms in total. The molecule has 0 N–H and O–H groups in total. The van der Waals surface area contributed by atoms with Gasteiger partial charge in [-0.05, 0) is 43.2 Å². The molecule has 0 unspecified atom stereocenters. The maximum atomic E-state index is 13.2. The number of halogens is 1. The van der Waals surface area contributed by atoms with Crippen LogP contribution in [0.2, 0.25) is 5.02 Å². The van der Waals surface area contributed by atoms with Gasteiger partial charge in [-0.25, -0.2) is 4.98 Å². The van der Waals surface area contributed by atoms with Crippen molar-refractivity contribution >= 4 is 34.3 Å². The fourth-order valence-electron chi connectivity index (χ4n) is 3.38. The van der Waals surface area contributed by atoms with Gasteiger partial charge >= 0.3 is 0 Å². The normalized spacial score (nSPS) is 16.5. The van der Waals surface area contributed by atoms with Crippen LogP contribution in [0, 0.1) is 0 Å². The van der Waals surface area contributed by atoms with Gasteiger partial charge in [-0.1, -0.05) is 28.5 Å². The molecular formula is C20H17ClN4O4S. The lowest BCUT2D eigenvalue weighted by Crippen LogP contribution is -2.28. The van der Waals surface area contributed by atoms with E-state index in [-0.39, 0.29) is 11.7 Å². The second-order valence-corrected chi connectivity index (χ2v) is 8.27. The van der Waals surface area contributed by atoms with E-state index in [1.165, 1.54) is 11.8 Å². The summed E-state index contributed by atoms with van der Waals surface area (Å²) in [4.78, 5) is 22.2. The highest BCUT2D eigenvalue weighted by molar-refractivity contribution is 7.98. The zero-order chi connectivity index (χ0) is 20.5. The van der Waals surface area contributed by atoms with Gasteiger partial charge in [0.15, 0.2) is 16.7 Å². The second-order valence-electron chi connectivity index (χ2n) is 6.89. The van der Waals surface area contributed by atoms with Crippen molar-refractivity contribution in [1.82, 2.24) is 19.7 Å². The quantitative estimate of drug-likeness (QED) is 0.323. The van der Waals surface area contributed by atoms with Gasteiger partial charge in [-0.15, -0.1) is 0 Å². The van der Waals surface area contributed by atoms with E-state index in [9.17, 15) is 4.79 Å². The van der Waals surface area contributed by atoms with Crippen LogP contribution in [-0.2, 0) is 17.0 Å². The molecule has 1 atom stereocenters. The molecular weight excluding hydrogens is 428 g/mol. The summed E-state index contributed by atoms with van der Waals surface area (Å²) in [5, 5.41) is 5.62. The molecule has 1 aromatic carbocycles. The van der Waals surface area contributed by atoms with E-state index in [4.69, 9.17) is 30.3 Å². The highest BCUT2D eigenvalue weighted by Crippen LogP contribution is 2.25. The van der Waals surface area contributed by atoms with Crippen LogP contribution >= 0.6 is 23.4 Å². The van der Waals surface area contributed by atoms with Gasteiger partial charge in [0.1, 0.15) is 0 Å². The summed E-state index contributed by atoms with van der Waals surface area (Å²) in [7, 11) is 0. The number of ether oxygens (including phenoxy) is 1. The molecule has 4 heterocycles. The third kappa shape index (κ3) is 3.88. The zero-order valence-corrected chi connectivity index (χ0v) is 17.4. The summed E-state index contributed by atoms with van der Waals surface area (Å²) in [6.45, 7) is 1.17. The van der Waals surface area contributed by atoms with Gasteiger partial charge in [-0.2, -0.15) is 4.98 Å². The lowest BCUT2D eigenvalue weighted by Gasteiger charge is -2.16. The maximum Gasteiger partial charge on any atom is 0.293 e. The Morgan fingerprint density at radius 2 is 2.20 bits per heavy atom. The minimum Gasteiger partial charge on any atom is -0.459 e. The van der Waals surface area contributed by atoms with Gasteiger partial charge in [-0.3, -0.25) is 9.36 Å². The van der Waals surface area contributed by atoms with Crippen LogP contribution in [0.5, 0.6) is 0 Å². The largest absolute Gasteiger partial charge is 0.459 e. The first-order valence-corrected chi connectivity index (χ1v) is 10.8. The van der Waals surface area contributed by atoms with Crippen LogP contribution < -0.4 is 5.56 Å². The van der Waals surface area contributed by atoms with E-state index < -0.39 is 0 Å². The number of aromatic nitrogens is 4. The lowest BCUT2D eigenvalue weighted by molar-refractivity contribution is 0.0937. The molecule has 5 rings (SSSR count). The van der Waals surface area contributed by atoms with Gasteiger partial charge in [0, 0.05) is 11.6 Å². The first kappa shape index (κ1) is 19.3. The standard InChI is InChI=1S/C20H17ClN4O4S/c21-12-5-6-14-15(9-12)22-20(25(19(14)26)10-13-3-1-7-27-13)30-11-17-23-18(29-24-17)16-4-2-8-28-16/h2,4-6,8-9,13H,1,3,7,10-11H2/t13-/m0/s1. The zero-order valence-electron chi connectivity index (χ0n) is 15.8. The Kier molecular flexibility index (Phi) is 5.32. The minimum absolute atomic E-state index is 0.00401. The molecule has 0 saturated carbocycles. The maximum absolute atomic E-state index is 13.2. The molecule has 0 radical (unpaired) electrons. The molecule has 154 valence electrons. The summed E-state index contributed by atoms with van der Waals surface area (Å²) < 4.78 is 17.9. The average Bonchev–Trinajstić information content (AvgIpc) is 3.51. The van der Waals surface area contributed by atoms with Crippen LogP contribution in [0.1, 0.15) is 18.7 Å². The van der Waals surface area contributed by atoms with Crippen LogP contribution in [0.25, 0.3) is 22.6 Å². The summed E-state index contributed by atoms with van der Waals surface area (Å²) in [5.41, 5.74) is 0.446. The first-order valence-electron chi connectivity index (χ1n) is 9.48. The Balaban J connectivity index is 1.46. The van der Waals surface area contributed by atoms with Crippen molar-refractivity contribution in [3.05, 3.63) is 57.8 Å². The lowest BCUT2D eigenvalue weighted by atomic mass is 10.2. The van der Waals surface area contributed by atoms with Crippen LogP contribution in [0.3, 0.4) is 0 Å². The molecule has 0 spiro atoms. The monoisotopic (exact) mass is 444 g/mol. The van der Waals surface area contributed by atoms with Crippen molar-refractivity contribution < 1.29 is 13.7 Å². The Hall–Kier alpha value is -2.62. The van der Waals surface area contributed by atoms with Crippen molar-refractivity contribution in [2.45, 2.75) is 36.4 Å². The average molecular weight is 445 g/mol. The number of rotatable bonds is 6. The molecule has 1 aliphatic heterocycles. The van der Waals surface area contributed by atoms with E-state index in [0.29, 0.717) is 50.9 Å². The van der Waals surface area contributed by atoms with E-state index in [2.05, 4.69) is 10.1 Å². The summed E-state index contributed by atoms with van der Waals surface area (Å²) in [6, 6.07) is 8.61. The second kappa shape index (κ2) is 8.25. The number of hydrogen-bond acceptors (Lipinski definition) is 8. The molecule has 4 aromatic rings. The third-order valence-corrected chi connectivity index (χ3v) is 6.03. The smallest absolute Gasteiger partial charge is 0.293 e. The number of benzene rings is 1. The Bertz CT molecular complexity index is 1230. The predicted octanol–water partition coefficient (Wildman–Crippen LogP) is 4.16. The summed E-state index contributed by atoms with van der Waals surface area (Å²) >= 11 is 7.47.